The molecule has 19 heavy (non-hydrogen) atoms. The molecule has 0 radical (unpaired) electrons. The van der Waals surface area contributed by atoms with E-state index in [-0.39, 0.29) is 17.5 Å². The predicted molar refractivity (Wildman–Crippen MR) is 78.9 cm³/mol. The summed E-state index contributed by atoms with van der Waals surface area (Å²) in [5.41, 5.74) is 10.4. The minimum absolute atomic E-state index is 0.123. The Morgan fingerprint density at radius 1 is 1.42 bits per heavy atom. The molecule has 0 bridgehead atoms. The molecule has 6 heteroatoms. The topological polar surface area (TPSA) is 76.7 Å². The van der Waals surface area contributed by atoms with E-state index >= 15 is 0 Å². The van der Waals surface area contributed by atoms with E-state index in [1.807, 2.05) is 31.2 Å². The fourth-order valence-electron chi connectivity index (χ4n) is 1.45. The molecule has 1 aromatic carbocycles. The van der Waals surface area contributed by atoms with Gasteiger partial charge in [0.2, 0.25) is 0 Å². The molecule has 0 aliphatic rings. The lowest BCUT2D eigenvalue weighted by molar-refractivity contribution is -0.142. The zero-order valence-corrected chi connectivity index (χ0v) is 11.8. The van der Waals surface area contributed by atoms with Crippen molar-refractivity contribution < 1.29 is 9.53 Å². The van der Waals surface area contributed by atoms with Crippen molar-refractivity contribution in [1.82, 2.24) is 5.43 Å². The van der Waals surface area contributed by atoms with Gasteiger partial charge in [-0.1, -0.05) is 24.3 Å². The Morgan fingerprint density at radius 3 is 2.58 bits per heavy atom. The highest BCUT2D eigenvalue weighted by atomic mass is 32.1. The number of nitrogens with one attached hydrogen (secondary N) is 1. The lowest BCUT2D eigenvalue weighted by atomic mass is 10.1. The smallest absolute Gasteiger partial charge is 0.310 e. The molecule has 0 aliphatic carbocycles. The molecule has 0 saturated carbocycles. The molecule has 0 fully saturated rings. The van der Waals surface area contributed by atoms with E-state index in [1.54, 1.807) is 6.92 Å². The summed E-state index contributed by atoms with van der Waals surface area (Å²) in [6.07, 6.45) is 0.273. The molecule has 0 heterocycles. The van der Waals surface area contributed by atoms with Crippen LogP contribution in [-0.2, 0) is 16.0 Å². The number of hydrazone groups is 1. The fraction of sp³-hybridized carbons (Fsp3) is 0.308. The van der Waals surface area contributed by atoms with Crippen molar-refractivity contribution in [2.24, 2.45) is 10.8 Å². The number of nitrogens with two attached hydrogens (primary N) is 1. The average Bonchev–Trinajstić information content (AvgIpc) is 2.37. The van der Waals surface area contributed by atoms with Crippen molar-refractivity contribution in [2.45, 2.75) is 20.3 Å². The van der Waals surface area contributed by atoms with Crippen molar-refractivity contribution in [3.63, 3.8) is 0 Å². The monoisotopic (exact) mass is 279 g/mol. The maximum absolute atomic E-state index is 11.3. The largest absolute Gasteiger partial charge is 0.466 e. The highest BCUT2D eigenvalue weighted by Crippen LogP contribution is 2.07. The summed E-state index contributed by atoms with van der Waals surface area (Å²) in [6.45, 7) is 4.02. The molecule has 0 atom stereocenters. The second-order valence-electron chi connectivity index (χ2n) is 3.85. The van der Waals surface area contributed by atoms with E-state index in [0.29, 0.717) is 6.61 Å². The summed E-state index contributed by atoms with van der Waals surface area (Å²) in [4.78, 5) is 11.3. The Morgan fingerprint density at radius 2 is 2.05 bits per heavy atom. The summed E-state index contributed by atoms with van der Waals surface area (Å²) < 4.78 is 4.89. The second kappa shape index (κ2) is 7.48. The molecular formula is C13H17N3O2S. The zero-order valence-electron chi connectivity index (χ0n) is 11.0. The van der Waals surface area contributed by atoms with Crippen LogP contribution in [0.4, 0.5) is 0 Å². The minimum atomic E-state index is -0.226. The molecule has 5 nitrogen and oxygen atoms in total. The van der Waals surface area contributed by atoms with Gasteiger partial charge in [0.1, 0.15) is 0 Å². The summed E-state index contributed by atoms with van der Waals surface area (Å²) in [5.74, 6) is -0.226. The molecule has 0 amide bonds. The van der Waals surface area contributed by atoms with E-state index in [2.05, 4.69) is 22.7 Å². The number of benzene rings is 1. The molecule has 1 aromatic rings. The van der Waals surface area contributed by atoms with Crippen LogP contribution in [0.5, 0.6) is 0 Å². The summed E-state index contributed by atoms with van der Waals surface area (Å²) in [6, 6.07) is 7.50. The molecule has 0 spiro atoms. The second-order valence-corrected chi connectivity index (χ2v) is 4.29. The van der Waals surface area contributed by atoms with Crippen LogP contribution in [0.15, 0.2) is 29.4 Å². The third-order valence-corrected chi connectivity index (χ3v) is 2.45. The SMILES string of the molecule is CCOC(=O)Cc1ccc(/C(C)=N/NC(N)=S)cc1. The van der Waals surface area contributed by atoms with Gasteiger partial charge < -0.3 is 10.5 Å². The highest BCUT2D eigenvalue weighted by molar-refractivity contribution is 7.80. The first-order chi connectivity index (χ1) is 9.02. The Kier molecular flexibility index (Phi) is 5.95. The number of thiocarbonyl (C=S) groups is 1. The van der Waals surface area contributed by atoms with Gasteiger partial charge in [-0.15, -0.1) is 0 Å². The minimum Gasteiger partial charge on any atom is -0.466 e. The number of ether oxygens (including phenoxy) is 1. The third-order valence-electron chi connectivity index (χ3n) is 2.36. The van der Waals surface area contributed by atoms with Gasteiger partial charge in [-0.25, -0.2) is 0 Å². The molecule has 0 aliphatic heterocycles. The molecule has 1 rings (SSSR count). The number of hydrogen-bond donors (Lipinski definition) is 2. The Bertz CT molecular complexity index is 483. The van der Waals surface area contributed by atoms with Crippen molar-refractivity contribution in [2.75, 3.05) is 6.61 Å². The quantitative estimate of drug-likeness (QED) is 0.368. The Balaban J connectivity index is 2.68. The third kappa shape index (κ3) is 5.48. The predicted octanol–water partition coefficient (Wildman–Crippen LogP) is 1.35. The summed E-state index contributed by atoms with van der Waals surface area (Å²) in [7, 11) is 0. The van der Waals surface area contributed by atoms with Gasteiger partial charge in [0.15, 0.2) is 5.11 Å². The summed E-state index contributed by atoms with van der Waals surface area (Å²) in [5, 5.41) is 4.15. The van der Waals surface area contributed by atoms with E-state index in [1.165, 1.54) is 0 Å². The van der Waals surface area contributed by atoms with Gasteiger partial charge >= 0.3 is 5.97 Å². The molecule has 3 N–H and O–H groups in total. The van der Waals surface area contributed by atoms with Gasteiger partial charge in [-0.05, 0) is 37.2 Å². The van der Waals surface area contributed by atoms with Gasteiger partial charge in [0, 0.05) is 0 Å². The average molecular weight is 279 g/mol. The summed E-state index contributed by atoms with van der Waals surface area (Å²) >= 11 is 4.67. The van der Waals surface area contributed by atoms with Gasteiger partial charge in [0.25, 0.3) is 0 Å². The van der Waals surface area contributed by atoms with Crippen LogP contribution in [0, 0.1) is 0 Å². The molecular weight excluding hydrogens is 262 g/mol. The first-order valence-electron chi connectivity index (χ1n) is 5.87. The maximum Gasteiger partial charge on any atom is 0.310 e. The lowest BCUT2D eigenvalue weighted by Crippen LogP contribution is -2.25. The lowest BCUT2D eigenvalue weighted by Gasteiger charge is -2.05. The van der Waals surface area contributed by atoms with E-state index in [0.717, 1.165) is 16.8 Å². The number of hydrogen-bond acceptors (Lipinski definition) is 4. The number of rotatable bonds is 5. The van der Waals surface area contributed by atoms with Crippen LogP contribution < -0.4 is 11.2 Å². The molecule has 0 unspecified atom stereocenters. The number of nitrogens with zero attached hydrogens (tertiary/aromatic N) is 1. The number of carbonyl (C=O) groups is 1. The van der Waals surface area contributed by atoms with E-state index in [4.69, 9.17) is 10.5 Å². The van der Waals surface area contributed by atoms with Crippen molar-refractivity contribution in [3.8, 4) is 0 Å². The molecule has 0 aromatic heterocycles. The normalized spacial score (nSPS) is 10.9. The van der Waals surface area contributed by atoms with E-state index in [9.17, 15) is 4.79 Å². The maximum atomic E-state index is 11.3. The Labute approximate surface area is 117 Å². The van der Waals surface area contributed by atoms with Crippen LogP contribution in [0.1, 0.15) is 25.0 Å². The standard InChI is InChI=1S/C13H17N3O2S/c1-3-18-12(17)8-10-4-6-11(7-5-10)9(2)15-16-13(14)19/h4-7H,3,8H2,1-2H3,(H3,14,16,19)/b15-9+. The van der Waals surface area contributed by atoms with Crippen LogP contribution in [-0.4, -0.2) is 23.4 Å². The first kappa shape index (κ1) is 15.1. The van der Waals surface area contributed by atoms with Crippen molar-refractivity contribution >= 4 is 29.0 Å². The number of esters is 1. The molecule has 102 valence electrons. The van der Waals surface area contributed by atoms with Crippen LogP contribution >= 0.6 is 12.2 Å². The van der Waals surface area contributed by atoms with Crippen LogP contribution in [0.25, 0.3) is 0 Å². The first-order valence-corrected chi connectivity index (χ1v) is 6.28. The van der Waals surface area contributed by atoms with Gasteiger partial charge in [-0.3, -0.25) is 10.2 Å². The van der Waals surface area contributed by atoms with E-state index < -0.39 is 0 Å². The fourth-order valence-corrected chi connectivity index (χ4v) is 1.49. The van der Waals surface area contributed by atoms with Crippen LogP contribution in [0.2, 0.25) is 0 Å². The van der Waals surface area contributed by atoms with Gasteiger partial charge in [0.05, 0.1) is 18.7 Å². The van der Waals surface area contributed by atoms with Crippen molar-refractivity contribution in [3.05, 3.63) is 35.4 Å². The Hall–Kier alpha value is -1.95. The van der Waals surface area contributed by atoms with Crippen LogP contribution in [0.3, 0.4) is 0 Å². The zero-order chi connectivity index (χ0) is 14.3. The highest BCUT2D eigenvalue weighted by Gasteiger charge is 2.04. The van der Waals surface area contributed by atoms with Gasteiger partial charge in [-0.2, -0.15) is 5.10 Å². The van der Waals surface area contributed by atoms with Crippen molar-refractivity contribution in [1.29, 1.82) is 0 Å². The molecule has 0 saturated heterocycles. The number of carbonyl (C=O) groups excluding carboxylic acids is 1.